The van der Waals surface area contributed by atoms with E-state index in [1.54, 1.807) is 6.07 Å². The number of hydrogen-bond donors (Lipinski definition) is 0. The van der Waals surface area contributed by atoms with Gasteiger partial charge in [0.05, 0.1) is 9.40 Å². The van der Waals surface area contributed by atoms with Gasteiger partial charge in [-0.25, -0.2) is 0 Å². The van der Waals surface area contributed by atoms with Crippen LogP contribution in [0.4, 0.5) is 11.4 Å². The standard InChI is InChI=1S/C13H16BrN3O2/c14-12-8-10(3-4-13(12)17(18)19)16-7-6-15-5-1-2-11(15)9-16/h3-4,8,11H,1-2,5-7,9H2/t11-/m1/s1. The minimum atomic E-state index is -0.358. The van der Waals surface area contributed by atoms with Crippen molar-refractivity contribution in [1.82, 2.24) is 4.90 Å². The molecular formula is C13H16BrN3O2. The van der Waals surface area contributed by atoms with Crippen LogP contribution in [-0.4, -0.2) is 42.0 Å². The Balaban J connectivity index is 1.79. The molecule has 0 spiro atoms. The smallest absolute Gasteiger partial charge is 0.283 e. The molecule has 2 aliphatic rings. The molecule has 19 heavy (non-hydrogen) atoms. The number of piperazine rings is 1. The van der Waals surface area contributed by atoms with Crippen molar-refractivity contribution in [3.8, 4) is 0 Å². The largest absolute Gasteiger partial charge is 0.369 e. The SMILES string of the molecule is O=[N+]([O-])c1ccc(N2CCN3CCC[C@@H]3C2)cc1Br. The second-order valence-electron chi connectivity index (χ2n) is 5.17. The number of halogens is 1. The Morgan fingerprint density at radius 2 is 2.16 bits per heavy atom. The van der Waals surface area contributed by atoms with E-state index in [1.807, 2.05) is 12.1 Å². The van der Waals surface area contributed by atoms with Crippen LogP contribution < -0.4 is 4.90 Å². The van der Waals surface area contributed by atoms with Gasteiger partial charge in [-0.05, 0) is 47.4 Å². The predicted molar refractivity (Wildman–Crippen MR) is 77.6 cm³/mol. The van der Waals surface area contributed by atoms with Gasteiger partial charge in [-0.2, -0.15) is 0 Å². The molecule has 3 rings (SSSR count). The van der Waals surface area contributed by atoms with Crippen molar-refractivity contribution in [1.29, 1.82) is 0 Å². The Labute approximate surface area is 120 Å². The first kappa shape index (κ1) is 12.9. The summed E-state index contributed by atoms with van der Waals surface area (Å²) in [4.78, 5) is 15.3. The first-order valence-electron chi connectivity index (χ1n) is 6.58. The topological polar surface area (TPSA) is 49.6 Å². The third-order valence-corrected chi connectivity index (χ3v) is 4.72. The maximum absolute atomic E-state index is 10.8. The Morgan fingerprint density at radius 1 is 1.32 bits per heavy atom. The Morgan fingerprint density at radius 3 is 2.89 bits per heavy atom. The van der Waals surface area contributed by atoms with E-state index in [1.165, 1.54) is 19.4 Å². The van der Waals surface area contributed by atoms with Gasteiger partial charge in [0, 0.05) is 37.4 Å². The van der Waals surface area contributed by atoms with E-state index >= 15 is 0 Å². The van der Waals surface area contributed by atoms with Crippen molar-refractivity contribution in [2.75, 3.05) is 31.1 Å². The first-order chi connectivity index (χ1) is 9.15. The lowest BCUT2D eigenvalue weighted by Gasteiger charge is -2.38. The summed E-state index contributed by atoms with van der Waals surface area (Å²) < 4.78 is 0.559. The van der Waals surface area contributed by atoms with Crippen molar-refractivity contribution < 1.29 is 4.92 Å². The number of nitro benzene ring substituents is 1. The van der Waals surface area contributed by atoms with Gasteiger partial charge in [0.2, 0.25) is 0 Å². The molecule has 1 aromatic rings. The summed E-state index contributed by atoms with van der Waals surface area (Å²) in [5.41, 5.74) is 1.20. The van der Waals surface area contributed by atoms with E-state index < -0.39 is 0 Å². The van der Waals surface area contributed by atoms with E-state index in [9.17, 15) is 10.1 Å². The maximum Gasteiger partial charge on any atom is 0.283 e. The summed E-state index contributed by atoms with van der Waals surface area (Å²) in [5.74, 6) is 0. The van der Waals surface area contributed by atoms with E-state index in [2.05, 4.69) is 25.7 Å². The molecule has 2 aliphatic heterocycles. The Hall–Kier alpha value is -1.14. The molecule has 2 saturated heterocycles. The number of anilines is 1. The quantitative estimate of drug-likeness (QED) is 0.619. The lowest BCUT2D eigenvalue weighted by atomic mass is 10.1. The fourth-order valence-electron chi connectivity index (χ4n) is 3.07. The van der Waals surface area contributed by atoms with Crippen LogP contribution in [0.25, 0.3) is 0 Å². The van der Waals surface area contributed by atoms with Crippen LogP contribution in [0.3, 0.4) is 0 Å². The summed E-state index contributed by atoms with van der Waals surface area (Å²) in [6, 6.07) is 5.96. The molecule has 0 bridgehead atoms. The molecule has 0 N–H and O–H groups in total. The molecular weight excluding hydrogens is 310 g/mol. The first-order valence-corrected chi connectivity index (χ1v) is 7.37. The third-order valence-electron chi connectivity index (χ3n) is 4.08. The lowest BCUT2D eigenvalue weighted by molar-refractivity contribution is -0.385. The van der Waals surface area contributed by atoms with Crippen molar-refractivity contribution in [2.45, 2.75) is 18.9 Å². The average Bonchev–Trinajstić information content (AvgIpc) is 2.85. The molecule has 1 atom stereocenters. The molecule has 6 heteroatoms. The van der Waals surface area contributed by atoms with Gasteiger partial charge >= 0.3 is 0 Å². The molecule has 0 saturated carbocycles. The molecule has 102 valence electrons. The molecule has 0 unspecified atom stereocenters. The molecule has 2 fully saturated rings. The predicted octanol–water partition coefficient (Wildman–Crippen LogP) is 2.64. The number of benzene rings is 1. The normalized spacial score (nSPS) is 23.4. The van der Waals surface area contributed by atoms with E-state index in [0.717, 1.165) is 25.3 Å². The zero-order valence-electron chi connectivity index (χ0n) is 10.6. The van der Waals surface area contributed by atoms with Crippen molar-refractivity contribution in [3.63, 3.8) is 0 Å². The highest BCUT2D eigenvalue weighted by atomic mass is 79.9. The fraction of sp³-hybridized carbons (Fsp3) is 0.538. The van der Waals surface area contributed by atoms with Gasteiger partial charge in [0.25, 0.3) is 5.69 Å². The number of nitro groups is 1. The molecule has 2 heterocycles. The van der Waals surface area contributed by atoms with Gasteiger partial charge in [-0.15, -0.1) is 0 Å². The Kier molecular flexibility index (Phi) is 3.45. The summed E-state index contributed by atoms with van der Waals surface area (Å²) >= 11 is 3.29. The molecule has 0 aromatic heterocycles. The molecule has 0 amide bonds. The summed E-state index contributed by atoms with van der Waals surface area (Å²) in [6.07, 6.45) is 2.56. The van der Waals surface area contributed by atoms with Crippen LogP contribution in [0.5, 0.6) is 0 Å². The second-order valence-corrected chi connectivity index (χ2v) is 6.03. The number of nitrogens with zero attached hydrogens (tertiary/aromatic N) is 3. The molecule has 5 nitrogen and oxygen atoms in total. The molecule has 0 radical (unpaired) electrons. The minimum Gasteiger partial charge on any atom is -0.369 e. The zero-order valence-corrected chi connectivity index (χ0v) is 12.2. The van der Waals surface area contributed by atoms with Crippen LogP contribution in [0, 0.1) is 10.1 Å². The van der Waals surface area contributed by atoms with Crippen molar-refractivity contribution in [2.24, 2.45) is 0 Å². The van der Waals surface area contributed by atoms with Gasteiger partial charge in [-0.3, -0.25) is 15.0 Å². The van der Waals surface area contributed by atoms with E-state index in [-0.39, 0.29) is 10.6 Å². The van der Waals surface area contributed by atoms with Crippen LogP contribution in [-0.2, 0) is 0 Å². The third kappa shape index (κ3) is 2.47. The van der Waals surface area contributed by atoms with E-state index in [4.69, 9.17) is 0 Å². The van der Waals surface area contributed by atoms with Gasteiger partial charge in [0.1, 0.15) is 0 Å². The van der Waals surface area contributed by atoms with Gasteiger partial charge < -0.3 is 4.90 Å². The van der Waals surface area contributed by atoms with Crippen molar-refractivity contribution >= 4 is 27.3 Å². The van der Waals surface area contributed by atoms with Gasteiger partial charge in [0.15, 0.2) is 0 Å². The highest BCUT2D eigenvalue weighted by Gasteiger charge is 2.30. The summed E-state index contributed by atoms with van der Waals surface area (Å²) in [5, 5.41) is 10.8. The van der Waals surface area contributed by atoms with Crippen LogP contribution in [0.15, 0.2) is 22.7 Å². The monoisotopic (exact) mass is 325 g/mol. The highest BCUT2D eigenvalue weighted by Crippen LogP contribution is 2.31. The van der Waals surface area contributed by atoms with Crippen LogP contribution in [0.2, 0.25) is 0 Å². The van der Waals surface area contributed by atoms with Crippen molar-refractivity contribution in [3.05, 3.63) is 32.8 Å². The maximum atomic E-state index is 10.8. The Bertz CT molecular complexity index is 509. The van der Waals surface area contributed by atoms with E-state index in [0.29, 0.717) is 10.5 Å². The van der Waals surface area contributed by atoms with Crippen LogP contribution in [0.1, 0.15) is 12.8 Å². The number of hydrogen-bond acceptors (Lipinski definition) is 4. The second kappa shape index (κ2) is 5.09. The lowest BCUT2D eigenvalue weighted by Crippen LogP contribution is -2.50. The summed E-state index contributed by atoms with van der Waals surface area (Å²) in [7, 11) is 0. The fourth-order valence-corrected chi connectivity index (χ4v) is 3.58. The highest BCUT2D eigenvalue weighted by molar-refractivity contribution is 9.10. The summed E-state index contributed by atoms with van der Waals surface area (Å²) in [6.45, 7) is 4.35. The zero-order chi connectivity index (χ0) is 13.4. The number of fused-ring (bicyclic) bond motifs is 1. The average molecular weight is 326 g/mol. The number of rotatable bonds is 2. The van der Waals surface area contributed by atoms with Crippen LogP contribution >= 0.6 is 15.9 Å². The van der Waals surface area contributed by atoms with Gasteiger partial charge in [-0.1, -0.05) is 0 Å². The molecule has 0 aliphatic carbocycles. The minimum absolute atomic E-state index is 0.128. The molecule has 1 aromatic carbocycles.